The number of thioether (sulfide) groups is 1. The quantitative estimate of drug-likeness (QED) is 0.604. The van der Waals surface area contributed by atoms with Gasteiger partial charge in [0, 0.05) is 12.2 Å². The highest BCUT2D eigenvalue weighted by Gasteiger charge is 2.33. The van der Waals surface area contributed by atoms with Crippen molar-refractivity contribution in [2.24, 2.45) is 4.99 Å². The SMILES string of the molecule is CSCCC(=O)C1=N/C(=C/c2ccc(O)cc2)C(=O)N1CC=O. The maximum absolute atomic E-state index is 12.3. The largest absolute Gasteiger partial charge is 0.508 e. The monoisotopic (exact) mass is 332 g/mol. The van der Waals surface area contributed by atoms with Crippen LogP contribution in [0.3, 0.4) is 0 Å². The third-order valence-corrected chi connectivity index (χ3v) is 3.79. The first-order valence-electron chi connectivity index (χ1n) is 6.94. The van der Waals surface area contributed by atoms with Crippen molar-refractivity contribution >= 4 is 41.7 Å². The van der Waals surface area contributed by atoms with E-state index >= 15 is 0 Å². The number of benzene rings is 1. The molecule has 0 unspecified atom stereocenters. The number of amides is 1. The average Bonchev–Trinajstić information content (AvgIpc) is 2.85. The Labute approximate surface area is 137 Å². The molecule has 0 bridgehead atoms. The lowest BCUT2D eigenvalue weighted by molar-refractivity contribution is -0.125. The predicted octanol–water partition coefficient (Wildman–Crippen LogP) is 1.49. The lowest BCUT2D eigenvalue weighted by atomic mass is 10.2. The maximum Gasteiger partial charge on any atom is 0.278 e. The van der Waals surface area contributed by atoms with E-state index in [9.17, 15) is 19.5 Å². The number of Topliss-reactive ketones (excluding diaryl/α,β-unsaturated/α-hetero) is 1. The summed E-state index contributed by atoms with van der Waals surface area (Å²) < 4.78 is 0. The molecule has 0 aromatic heterocycles. The van der Waals surface area contributed by atoms with Gasteiger partial charge in [0.15, 0.2) is 11.6 Å². The zero-order valence-electron chi connectivity index (χ0n) is 12.6. The smallest absolute Gasteiger partial charge is 0.278 e. The number of carbonyl (C=O) groups is 3. The van der Waals surface area contributed by atoms with Gasteiger partial charge in [-0.15, -0.1) is 0 Å². The zero-order chi connectivity index (χ0) is 16.8. The van der Waals surface area contributed by atoms with Crippen LogP contribution in [0.4, 0.5) is 0 Å². The second kappa shape index (κ2) is 7.73. The second-order valence-corrected chi connectivity index (χ2v) is 5.79. The Morgan fingerprint density at radius 3 is 2.65 bits per heavy atom. The minimum Gasteiger partial charge on any atom is -0.508 e. The van der Waals surface area contributed by atoms with Gasteiger partial charge < -0.3 is 9.90 Å². The van der Waals surface area contributed by atoms with Crippen LogP contribution in [0.1, 0.15) is 12.0 Å². The first-order valence-corrected chi connectivity index (χ1v) is 8.33. The van der Waals surface area contributed by atoms with Gasteiger partial charge in [-0.1, -0.05) is 12.1 Å². The number of rotatable bonds is 7. The summed E-state index contributed by atoms with van der Waals surface area (Å²) in [5.41, 5.74) is 0.767. The molecule has 0 aliphatic carbocycles. The molecule has 1 aromatic rings. The normalized spacial score (nSPS) is 15.9. The summed E-state index contributed by atoms with van der Waals surface area (Å²) in [5.74, 6) is 0.0178. The fraction of sp³-hybridized carbons (Fsp3) is 0.250. The fourth-order valence-electron chi connectivity index (χ4n) is 2.04. The van der Waals surface area contributed by atoms with E-state index in [1.807, 2.05) is 6.26 Å². The Morgan fingerprint density at radius 1 is 1.35 bits per heavy atom. The molecule has 7 heteroatoms. The van der Waals surface area contributed by atoms with Crippen LogP contribution in [0.15, 0.2) is 35.0 Å². The summed E-state index contributed by atoms with van der Waals surface area (Å²) in [4.78, 5) is 40.5. The number of aldehydes is 1. The molecular formula is C16H16N2O4S. The van der Waals surface area contributed by atoms with Gasteiger partial charge in [-0.2, -0.15) is 11.8 Å². The summed E-state index contributed by atoms with van der Waals surface area (Å²) in [6.07, 6.45) is 4.23. The Kier molecular flexibility index (Phi) is 5.70. The first-order chi connectivity index (χ1) is 11.1. The molecule has 0 saturated heterocycles. The Bertz CT molecular complexity index is 680. The molecule has 6 nitrogen and oxygen atoms in total. The number of amidine groups is 1. The van der Waals surface area contributed by atoms with Gasteiger partial charge in [0.2, 0.25) is 0 Å². The Balaban J connectivity index is 2.31. The zero-order valence-corrected chi connectivity index (χ0v) is 13.4. The average molecular weight is 332 g/mol. The van der Waals surface area contributed by atoms with Crippen LogP contribution in [0.2, 0.25) is 0 Å². The van der Waals surface area contributed by atoms with E-state index in [1.54, 1.807) is 12.1 Å². The van der Waals surface area contributed by atoms with Crippen molar-refractivity contribution in [3.63, 3.8) is 0 Å². The van der Waals surface area contributed by atoms with Crippen molar-refractivity contribution in [1.82, 2.24) is 4.90 Å². The third-order valence-electron chi connectivity index (χ3n) is 3.18. The topological polar surface area (TPSA) is 87.0 Å². The van der Waals surface area contributed by atoms with Gasteiger partial charge in [0.05, 0.1) is 6.54 Å². The highest BCUT2D eigenvalue weighted by Crippen LogP contribution is 2.20. The van der Waals surface area contributed by atoms with Gasteiger partial charge in [-0.25, -0.2) is 4.99 Å². The molecule has 23 heavy (non-hydrogen) atoms. The molecule has 1 aliphatic heterocycles. The van der Waals surface area contributed by atoms with E-state index in [2.05, 4.69) is 4.99 Å². The molecule has 1 aromatic carbocycles. The number of carbonyl (C=O) groups excluding carboxylic acids is 3. The number of ketones is 1. The molecule has 0 radical (unpaired) electrons. The van der Waals surface area contributed by atoms with Crippen LogP contribution in [-0.4, -0.2) is 52.4 Å². The van der Waals surface area contributed by atoms with Crippen molar-refractivity contribution in [2.45, 2.75) is 6.42 Å². The summed E-state index contributed by atoms with van der Waals surface area (Å²) in [7, 11) is 0. The molecule has 1 amide bonds. The van der Waals surface area contributed by atoms with Crippen molar-refractivity contribution < 1.29 is 19.5 Å². The summed E-state index contributed by atoms with van der Waals surface area (Å²) in [5, 5.41) is 9.27. The molecule has 0 spiro atoms. The van der Waals surface area contributed by atoms with Crippen LogP contribution in [0.5, 0.6) is 5.75 Å². The van der Waals surface area contributed by atoms with E-state index in [-0.39, 0.29) is 36.0 Å². The summed E-state index contributed by atoms with van der Waals surface area (Å²) in [6.45, 7) is -0.199. The van der Waals surface area contributed by atoms with E-state index in [0.717, 1.165) is 4.90 Å². The van der Waals surface area contributed by atoms with Crippen molar-refractivity contribution in [3.8, 4) is 5.75 Å². The van der Waals surface area contributed by atoms with E-state index < -0.39 is 5.91 Å². The number of phenols is 1. The van der Waals surface area contributed by atoms with Gasteiger partial charge in [-0.3, -0.25) is 14.5 Å². The third kappa shape index (κ3) is 4.07. The van der Waals surface area contributed by atoms with E-state index in [4.69, 9.17) is 0 Å². The van der Waals surface area contributed by atoms with Crippen LogP contribution in [0.25, 0.3) is 6.08 Å². The Morgan fingerprint density at radius 2 is 2.04 bits per heavy atom. The molecule has 120 valence electrons. The van der Waals surface area contributed by atoms with E-state index in [0.29, 0.717) is 17.6 Å². The van der Waals surface area contributed by atoms with Gasteiger partial charge in [0.1, 0.15) is 17.7 Å². The molecule has 0 atom stereocenters. The van der Waals surface area contributed by atoms with Crippen LogP contribution < -0.4 is 0 Å². The number of hydrogen-bond acceptors (Lipinski definition) is 6. The molecular weight excluding hydrogens is 316 g/mol. The predicted molar refractivity (Wildman–Crippen MR) is 89.3 cm³/mol. The Hall–Kier alpha value is -2.41. The van der Waals surface area contributed by atoms with Gasteiger partial charge in [-0.05, 0) is 30.0 Å². The number of aromatic hydroxyl groups is 1. The standard InChI is InChI=1S/C16H16N2O4S/c1-23-9-6-14(21)15-17-13(16(22)18(15)7-8-19)10-11-2-4-12(20)5-3-11/h2-5,8,10,20H,6-7,9H2,1H3/b13-10+. The van der Waals surface area contributed by atoms with Crippen molar-refractivity contribution in [3.05, 3.63) is 35.5 Å². The van der Waals surface area contributed by atoms with E-state index in [1.165, 1.54) is 30.0 Å². The lowest BCUT2D eigenvalue weighted by Gasteiger charge is -2.13. The number of aliphatic imine (C=N–C) groups is 1. The number of nitrogens with zero attached hydrogens (tertiary/aromatic N) is 2. The van der Waals surface area contributed by atoms with Crippen LogP contribution in [-0.2, 0) is 14.4 Å². The molecule has 1 heterocycles. The van der Waals surface area contributed by atoms with Crippen LogP contribution >= 0.6 is 11.8 Å². The first kappa shape index (κ1) is 17.0. The fourth-order valence-corrected chi connectivity index (χ4v) is 2.43. The molecule has 0 fully saturated rings. The number of phenolic OH excluding ortho intramolecular Hbond substituents is 1. The second-order valence-electron chi connectivity index (χ2n) is 4.80. The minimum atomic E-state index is -0.474. The maximum atomic E-state index is 12.3. The molecule has 0 saturated carbocycles. The highest BCUT2D eigenvalue weighted by molar-refractivity contribution is 7.98. The van der Waals surface area contributed by atoms with Crippen LogP contribution in [0, 0.1) is 0 Å². The molecule has 1 N–H and O–H groups in total. The molecule has 2 rings (SSSR count). The minimum absolute atomic E-state index is 0.0150. The summed E-state index contributed by atoms with van der Waals surface area (Å²) >= 11 is 1.52. The number of hydrogen-bond donors (Lipinski definition) is 1. The highest BCUT2D eigenvalue weighted by atomic mass is 32.2. The van der Waals surface area contributed by atoms with Crippen molar-refractivity contribution in [1.29, 1.82) is 0 Å². The lowest BCUT2D eigenvalue weighted by Crippen LogP contribution is -2.38. The van der Waals surface area contributed by atoms with Crippen molar-refractivity contribution in [2.75, 3.05) is 18.6 Å². The summed E-state index contributed by atoms with van der Waals surface area (Å²) in [6, 6.07) is 6.23. The van der Waals surface area contributed by atoms with Gasteiger partial charge in [0.25, 0.3) is 5.91 Å². The van der Waals surface area contributed by atoms with Gasteiger partial charge >= 0.3 is 0 Å². The molecule has 1 aliphatic rings.